The Morgan fingerprint density at radius 2 is 2.13 bits per heavy atom. The number of rotatable bonds is 4. The van der Waals surface area contributed by atoms with Gasteiger partial charge in [-0.25, -0.2) is 13.4 Å². The third-order valence-corrected chi connectivity index (χ3v) is 7.39. The highest BCUT2D eigenvalue weighted by Gasteiger charge is 2.33. The summed E-state index contributed by atoms with van der Waals surface area (Å²) in [6.45, 7) is 7.54. The van der Waals surface area contributed by atoms with Crippen LogP contribution < -0.4 is 0 Å². The Hall–Kier alpha value is -1.25. The molecule has 0 N–H and O–H groups in total. The maximum Gasteiger partial charge on any atom is 0.246 e. The number of piperidine rings is 1. The molecule has 0 saturated carbocycles. The highest BCUT2D eigenvalue weighted by atomic mass is 32.2. The molecule has 0 unspecified atom stereocenters. The Bertz CT molecular complexity index is 794. The molecule has 8 heteroatoms. The zero-order valence-corrected chi connectivity index (χ0v) is 15.3. The largest absolute Gasteiger partial charge is 0.269 e. The summed E-state index contributed by atoms with van der Waals surface area (Å²) in [5.41, 5.74) is 0.708. The Balaban J connectivity index is 1.86. The maximum absolute atomic E-state index is 13.0. The molecule has 6 nitrogen and oxygen atoms in total. The van der Waals surface area contributed by atoms with E-state index in [4.69, 9.17) is 0 Å². The third kappa shape index (κ3) is 3.07. The summed E-state index contributed by atoms with van der Waals surface area (Å²) in [5, 5.41) is 5.22. The number of hydrogen-bond acceptors (Lipinski definition) is 5. The van der Waals surface area contributed by atoms with Crippen LogP contribution in [0, 0.1) is 13.8 Å². The zero-order valence-electron chi connectivity index (χ0n) is 13.7. The van der Waals surface area contributed by atoms with Crippen molar-refractivity contribution >= 4 is 21.4 Å². The van der Waals surface area contributed by atoms with Gasteiger partial charge in [0.05, 0.1) is 16.9 Å². The second kappa shape index (κ2) is 6.33. The van der Waals surface area contributed by atoms with E-state index in [9.17, 15) is 8.42 Å². The second-order valence-electron chi connectivity index (χ2n) is 5.92. The van der Waals surface area contributed by atoms with Crippen LogP contribution in [0.25, 0.3) is 0 Å². The fourth-order valence-electron chi connectivity index (χ4n) is 3.06. The minimum absolute atomic E-state index is 0.193. The van der Waals surface area contributed by atoms with Crippen molar-refractivity contribution in [2.45, 2.75) is 51.0 Å². The molecule has 0 aliphatic carbocycles. The van der Waals surface area contributed by atoms with Gasteiger partial charge in [-0.1, -0.05) is 0 Å². The van der Waals surface area contributed by atoms with E-state index in [1.54, 1.807) is 20.3 Å². The number of aromatic nitrogens is 3. The quantitative estimate of drug-likeness (QED) is 0.846. The fourth-order valence-corrected chi connectivity index (χ4v) is 5.65. The molecular formula is C15H22N4O2S2. The van der Waals surface area contributed by atoms with E-state index >= 15 is 0 Å². The lowest BCUT2D eigenvalue weighted by Gasteiger charge is -2.30. The van der Waals surface area contributed by atoms with Crippen LogP contribution >= 0.6 is 11.3 Å². The van der Waals surface area contributed by atoms with Crippen LogP contribution in [0.3, 0.4) is 0 Å². The Morgan fingerprint density at radius 1 is 1.35 bits per heavy atom. The maximum atomic E-state index is 13.0. The summed E-state index contributed by atoms with van der Waals surface area (Å²) < 4.78 is 29.3. The molecule has 0 bridgehead atoms. The molecule has 1 aliphatic rings. The summed E-state index contributed by atoms with van der Waals surface area (Å²) in [6, 6.07) is 0. The van der Waals surface area contributed by atoms with E-state index in [0.29, 0.717) is 30.2 Å². The first-order chi connectivity index (χ1) is 10.9. The summed E-state index contributed by atoms with van der Waals surface area (Å²) in [7, 11) is -3.49. The summed E-state index contributed by atoms with van der Waals surface area (Å²) >= 11 is 1.66. The summed E-state index contributed by atoms with van der Waals surface area (Å²) in [5.74, 6) is 0.193. The van der Waals surface area contributed by atoms with E-state index in [2.05, 4.69) is 10.1 Å². The van der Waals surface area contributed by atoms with Crippen molar-refractivity contribution in [1.29, 1.82) is 0 Å². The Morgan fingerprint density at radius 3 is 2.74 bits per heavy atom. The van der Waals surface area contributed by atoms with Crippen molar-refractivity contribution in [3.63, 3.8) is 0 Å². The smallest absolute Gasteiger partial charge is 0.246 e. The first kappa shape index (κ1) is 16.6. The first-order valence-corrected chi connectivity index (χ1v) is 10.1. The van der Waals surface area contributed by atoms with Gasteiger partial charge in [0.2, 0.25) is 10.0 Å². The van der Waals surface area contributed by atoms with Gasteiger partial charge in [-0.3, -0.25) is 4.68 Å². The number of hydrogen-bond donors (Lipinski definition) is 0. The van der Waals surface area contributed by atoms with Crippen molar-refractivity contribution in [2.24, 2.45) is 0 Å². The molecule has 3 rings (SSSR count). The molecule has 2 aromatic heterocycles. The third-order valence-electron chi connectivity index (χ3n) is 4.35. The van der Waals surface area contributed by atoms with Gasteiger partial charge in [0, 0.05) is 36.6 Å². The van der Waals surface area contributed by atoms with Crippen LogP contribution in [0.2, 0.25) is 0 Å². The number of nitrogens with zero attached hydrogens (tertiary/aromatic N) is 4. The lowest BCUT2D eigenvalue weighted by atomic mass is 10.0. The van der Waals surface area contributed by atoms with Crippen LogP contribution in [0.4, 0.5) is 0 Å². The monoisotopic (exact) mass is 354 g/mol. The SMILES string of the molecule is CCn1ncc(S(=O)(=O)N2CCC[C@H](c3ncc(C)s3)C2)c1C. The number of aryl methyl sites for hydroxylation is 2. The Kier molecular flexibility index (Phi) is 4.57. The predicted octanol–water partition coefficient (Wildman–Crippen LogP) is 2.54. The molecule has 3 heterocycles. The van der Waals surface area contributed by atoms with E-state index in [1.807, 2.05) is 27.0 Å². The lowest BCUT2D eigenvalue weighted by molar-refractivity contribution is 0.315. The normalized spacial score (nSPS) is 20.0. The lowest BCUT2D eigenvalue weighted by Crippen LogP contribution is -2.39. The van der Waals surface area contributed by atoms with Gasteiger partial charge in [0.25, 0.3) is 0 Å². The van der Waals surface area contributed by atoms with Gasteiger partial charge in [-0.2, -0.15) is 9.40 Å². The molecule has 1 fully saturated rings. The minimum atomic E-state index is -3.49. The highest BCUT2D eigenvalue weighted by Crippen LogP contribution is 2.32. The average molecular weight is 355 g/mol. The molecule has 2 aromatic rings. The average Bonchev–Trinajstić information content (AvgIpc) is 3.13. The first-order valence-electron chi connectivity index (χ1n) is 7.88. The molecule has 126 valence electrons. The fraction of sp³-hybridized carbons (Fsp3) is 0.600. The van der Waals surface area contributed by atoms with Gasteiger partial charge in [0.1, 0.15) is 4.90 Å². The molecule has 0 radical (unpaired) electrons. The van der Waals surface area contributed by atoms with Crippen molar-refractivity contribution in [3.8, 4) is 0 Å². The Labute approximate surface area is 141 Å². The van der Waals surface area contributed by atoms with Gasteiger partial charge < -0.3 is 0 Å². The molecule has 0 aromatic carbocycles. The van der Waals surface area contributed by atoms with Crippen LogP contribution in [0.5, 0.6) is 0 Å². The van der Waals surface area contributed by atoms with Crippen molar-refractivity contribution in [1.82, 2.24) is 19.1 Å². The highest BCUT2D eigenvalue weighted by molar-refractivity contribution is 7.89. The summed E-state index contributed by atoms with van der Waals surface area (Å²) in [4.78, 5) is 5.94. The van der Waals surface area contributed by atoms with Gasteiger partial charge in [-0.15, -0.1) is 11.3 Å². The van der Waals surface area contributed by atoms with Crippen molar-refractivity contribution in [2.75, 3.05) is 13.1 Å². The molecule has 1 aliphatic heterocycles. The molecule has 23 heavy (non-hydrogen) atoms. The number of thiazole rings is 1. The zero-order chi connectivity index (χ0) is 16.6. The van der Waals surface area contributed by atoms with E-state index in [0.717, 1.165) is 17.8 Å². The molecule has 1 saturated heterocycles. The van der Waals surface area contributed by atoms with Gasteiger partial charge >= 0.3 is 0 Å². The van der Waals surface area contributed by atoms with Crippen LogP contribution in [0.15, 0.2) is 17.3 Å². The molecule has 1 atom stereocenters. The minimum Gasteiger partial charge on any atom is -0.269 e. The van der Waals surface area contributed by atoms with Gasteiger partial charge in [0.15, 0.2) is 0 Å². The predicted molar refractivity (Wildman–Crippen MR) is 90.2 cm³/mol. The van der Waals surface area contributed by atoms with Crippen LogP contribution in [0.1, 0.15) is 41.3 Å². The molecule has 0 amide bonds. The standard InChI is InChI=1S/C15H22N4O2S2/c1-4-19-12(3)14(9-17-19)23(20,21)18-7-5-6-13(10-18)15-16-8-11(2)22-15/h8-9,13H,4-7,10H2,1-3H3/t13-/m0/s1. The van der Waals surface area contributed by atoms with E-state index in [-0.39, 0.29) is 5.92 Å². The van der Waals surface area contributed by atoms with Crippen molar-refractivity contribution < 1.29 is 8.42 Å². The summed E-state index contributed by atoms with van der Waals surface area (Å²) in [6.07, 6.45) is 5.20. The molecular weight excluding hydrogens is 332 g/mol. The molecule has 0 spiro atoms. The second-order valence-corrected chi connectivity index (χ2v) is 9.09. The number of sulfonamides is 1. The van der Waals surface area contributed by atoms with Crippen LogP contribution in [-0.2, 0) is 16.6 Å². The van der Waals surface area contributed by atoms with Crippen molar-refractivity contribution in [3.05, 3.63) is 28.0 Å². The van der Waals surface area contributed by atoms with E-state index < -0.39 is 10.0 Å². The topological polar surface area (TPSA) is 68.1 Å². The van der Waals surface area contributed by atoms with E-state index in [1.165, 1.54) is 11.1 Å². The van der Waals surface area contributed by atoms with Gasteiger partial charge in [-0.05, 0) is 33.6 Å². The van der Waals surface area contributed by atoms with Crippen LogP contribution in [-0.4, -0.2) is 40.6 Å².